The Morgan fingerprint density at radius 3 is 2.08 bits per heavy atom. The zero-order chi connectivity index (χ0) is 35.6. The van der Waals surface area contributed by atoms with E-state index in [2.05, 4.69) is 22.0 Å². The van der Waals surface area contributed by atoms with Crippen LogP contribution in [0.5, 0.6) is 0 Å². The van der Waals surface area contributed by atoms with Crippen LogP contribution in [0.2, 0.25) is 0 Å². The van der Waals surface area contributed by atoms with Gasteiger partial charge in [0.15, 0.2) is 0 Å². The highest BCUT2D eigenvalue weighted by Crippen LogP contribution is 2.29. The van der Waals surface area contributed by atoms with Crippen LogP contribution in [0.4, 0.5) is 19.0 Å². The van der Waals surface area contributed by atoms with E-state index in [-0.39, 0.29) is 12.5 Å². The molecule has 0 saturated carbocycles. The zero-order valence-electron chi connectivity index (χ0n) is 28.6. The maximum absolute atomic E-state index is 14.5. The van der Waals surface area contributed by atoms with E-state index in [0.29, 0.717) is 44.2 Å². The molecular weight excluding hydrogens is 653 g/mol. The van der Waals surface area contributed by atoms with Gasteiger partial charge in [-0.25, -0.2) is 4.98 Å². The predicted octanol–water partition coefficient (Wildman–Crippen LogP) is 7.07. The molecule has 0 spiro atoms. The molecule has 1 unspecified atom stereocenters. The fourth-order valence-corrected chi connectivity index (χ4v) is 6.76. The smallest absolute Gasteiger partial charge is 0.378 e. The fourth-order valence-electron chi connectivity index (χ4n) is 6.76. The molecule has 2 aliphatic heterocycles. The zero-order valence-corrected chi connectivity index (χ0v) is 28.6. The molecule has 3 aromatic carbocycles. The second-order valence-electron chi connectivity index (χ2n) is 13.2. The van der Waals surface area contributed by atoms with Crippen LogP contribution >= 0.6 is 0 Å². The number of carbonyl (C=O) groups is 2. The van der Waals surface area contributed by atoms with Gasteiger partial charge in [-0.2, -0.15) is 13.2 Å². The van der Waals surface area contributed by atoms with Gasteiger partial charge >= 0.3 is 6.18 Å². The number of carbonyl (C=O) groups excluding carboxylic acids is 2. The van der Waals surface area contributed by atoms with Gasteiger partial charge in [-0.05, 0) is 71.7 Å². The Morgan fingerprint density at radius 2 is 1.47 bits per heavy atom. The number of pyridine rings is 1. The summed E-state index contributed by atoms with van der Waals surface area (Å²) in [5.41, 5.74) is 2.64. The van der Waals surface area contributed by atoms with Crippen LogP contribution in [-0.4, -0.2) is 72.0 Å². The summed E-state index contributed by atoms with van der Waals surface area (Å²) in [6.07, 6.45) is 3.13. The molecule has 6 rings (SSSR count). The largest absolute Gasteiger partial charge is 0.416 e. The molecule has 266 valence electrons. The standard InChI is InChI=1S/C41H43F3N4O3/c42-41(43,44)36-15-11-31(12-16-36)14-18-39(49)48(30-35-13-17-38(45-29-35)46-23-25-51-26-24-46)37(28-33-9-5-2-6-10-33)40(50)47-21-19-34(20-22-47)27-32-7-3-1-4-8-32/h1-18,29,34,37H,19-28,30H2. The van der Waals surface area contributed by atoms with Gasteiger partial charge in [-0.1, -0.05) is 78.9 Å². The lowest BCUT2D eigenvalue weighted by Gasteiger charge is -2.38. The van der Waals surface area contributed by atoms with Crippen LogP contribution in [0.25, 0.3) is 6.08 Å². The maximum Gasteiger partial charge on any atom is 0.416 e. The Kier molecular flexibility index (Phi) is 11.8. The van der Waals surface area contributed by atoms with E-state index in [1.54, 1.807) is 11.1 Å². The summed E-state index contributed by atoms with van der Waals surface area (Å²) in [6, 6.07) is 27.7. The fraction of sp³-hybridized carbons (Fsp3) is 0.341. The Balaban J connectivity index is 1.26. The lowest BCUT2D eigenvalue weighted by atomic mass is 9.89. The van der Waals surface area contributed by atoms with E-state index >= 15 is 0 Å². The minimum absolute atomic E-state index is 0.119. The third-order valence-electron chi connectivity index (χ3n) is 9.66. The van der Waals surface area contributed by atoms with Crippen molar-refractivity contribution in [1.82, 2.24) is 14.8 Å². The van der Waals surface area contributed by atoms with Gasteiger partial charge in [0, 0.05) is 51.4 Å². The number of aromatic nitrogens is 1. The molecule has 0 bridgehead atoms. The summed E-state index contributed by atoms with van der Waals surface area (Å²) >= 11 is 0. The van der Waals surface area contributed by atoms with E-state index < -0.39 is 23.7 Å². The summed E-state index contributed by atoms with van der Waals surface area (Å²) in [6.45, 7) is 4.05. The molecule has 0 N–H and O–H groups in total. The quantitative estimate of drug-likeness (QED) is 0.157. The minimum atomic E-state index is -4.46. The van der Waals surface area contributed by atoms with Gasteiger partial charge in [0.25, 0.3) is 0 Å². The van der Waals surface area contributed by atoms with E-state index in [1.165, 1.54) is 29.8 Å². The first kappa shape index (κ1) is 35.9. The summed E-state index contributed by atoms with van der Waals surface area (Å²) in [5, 5.41) is 0. The van der Waals surface area contributed by atoms with Crippen LogP contribution in [0.15, 0.2) is 109 Å². The van der Waals surface area contributed by atoms with Crippen molar-refractivity contribution >= 4 is 23.7 Å². The van der Waals surface area contributed by atoms with Crippen LogP contribution in [0.1, 0.15) is 40.7 Å². The highest BCUT2D eigenvalue weighted by atomic mass is 19.4. The summed E-state index contributed by atoms with van der Waals surface area (Å²) < 4.78 is 45.0. The number of anilines is 1. The van der Waals surface area contributed by atoms with Gasteiger partial charge in [0.05, 0.1) is 18.8 Å². The molecule has 10 heteroatoms. The molecular formula is C41H43F3N4O3. The molecule has 7 nitrogen and oxygen atoms in total. The number of piperidine rings is 1. The van der Waals surface area contributed by atoms with Crippen molar-refractivity contribution < 1.29 is 27.5 Å². The van der Waals surface area contributed by atoms with Crippen molar-refractivity contribution in [3.63, 3.8) is 0 Å². The molecule has 1 aromatic heterocycles. The first-order valence-corrected chi connectivity index (χ1v) is 17.5. The molecule has 2 aliphatic rings. The Labute approximate surface area is 297 Å². The molecule has 3 heterocycles. The second-order valence-corrected chi connectivity index (χ2v) is 13.2. The lowest BCUT2D eigenvalue weighted by molar-refractivity contribution is -0.145. The van der Waals surface area contributed by atoms with Crippen molar-refractivity contribution in [1.29, 1.82) is 0 Å². The van der Waals surface area contributed by atoms with E-state index in [1.807, 2.05) is 65.6 Å². The SMILES string of the molecule is O=C(C(Cc1ccccc1)N(Cc1ccc(N2CCOCC2)nc1)C(=O)C=Cc1ccc(C(F)(F)F)cc1)N1CCC(Cc2ccccc2)CC1. The molecule has 2 fully saturated rings. The molecule has 0 aliphatic carbocycles. The highest BCUT2D eigenvalue weighted by molar-refractivity contribution is 5.95. The average Bonchev–Trinajstić information content (AvgIpc) is 3.16. The molecule has 2 amide bonds. The van der Waals surface area contributed by atoms with Crippen molar-refractivity contribution in [2.45, 2.75) is 44.4 Å². The highest BCUT2D eigenvalue weighted by Gasteiger charge is 2.35. The Bertz CT molecular complexity index is 1740. The summed E-state index contributed by atoms with van der Waals surface area (Å²) in [7, 11) is 0. The Hall–Kier alpha value is -4.96. The van der Waals surface area contributed by atoms with Gasteiger partial charge in [-0.15, -0.1) is 0 Å². The number of nitrogens with zero attached hydrogens (tertiary/aromatic N) is 4. The van der Waals surface area contributed by atoms with Gasteiger partial charge in [0.2, 0.25) is 11.8 Å². The molecule has 0 radical (unpaired) electrons. The molecule has 1 atom stereocenters. The number of ether oxygens (including phenoxy) is 1. The second kappa shape index (κ2) is 16.8. The summed E-state index contributed by atoms with van der Waals surface area (Å²) in [5.74, 6) is 0.744. The van der Waals surface area contributed by atoms with Gasteiger partial charge in [-0.3, -0.25) is 9.59 Å². The minimum Gasteiger partial charge on any atom is -0.378 e. The number of alkyl halides is 3. The van der Waals surface area contributed by atoms with Crippen molar-refractivity contribution in [2.24, 2.45) is 5.92 Å². The summed E-state index contributed by atoms with van der Waals surface area (Å²) in [4.78, 5) is 39.0. The third kappa shape index (κ3) is 9.85. The average molecular weight is 697 g/mol. The van der Waals surface area contributed by atoms with Crippen LogP contribution in [0, 0.1) is 5.92 Å². The van der Waals surface area contributed by atoms with Gasteiger partial charge < -0.3 is 19.4 Å². The van der Waals surface area contributed by atoms with Crippen LogP contribution in [-0.2, 0) is 39.9 Å². The number of benzene rings is 3. The molecule has 51 heavy (non-hydrogen) atoms. The topological polar surface area (TPSA) is 66.0 Å². The lowest BCUT2D eigenvalue weighted by Crippen LogP contribution is -2.53. The maximum atomic E-state index is 14.5. The molecule has 2 saturated heterocycles. The van der Waals surface area contributed by atoms with Crippen molar-refractivity contribution in [3.8, 4) is 0 Å². The van der Waals surface area contributed by atoms with Crippen molar-refractivity contribution in [3.05, 3.63) is 137 Å². The number of amides is 2. The van der Waals surface area contributed by atoms with E-state index in [9.17, 15) is 22.8 Å². The number of halogens is 3. The molecule has 4 aromatic rings. The van der Waals surface area contributed by atoms with Crippen LogP contribution < -0.4 is 4.90 Å². The third-order valence-corrected chi connectivity index (χ3v) is 9.66. The van der Waals surface area contributed by atoms with Crippen molar-refractivity contribution in [2.75, 3.05) is 44.3 Å². The predicted molar refractivity (Wildman–Crippen MR) is 192 cm³/mol. The first-order chi connectivity index (χ1) is 24.7. The number of rotatable bonds is 11. The van der Waals surface area contributed by atoms with E-state index in [0.717, 1.165) is 61.4 Å². The van der Waals surface area contributed by atoms with E-state index in [4.69, 9.17) is 4.74 Å². The number of morpholine rings is 1. The van der Waals surface area contributed by atoms with Crippen LogP contribution in [0.3, 0.4) is 0 Å². The van der Waals surface area contributed by atoms with Gasteiger partial charge in [0.1, 0.15) is 11.9 Å². The number of hydrogen-bond donors (Lipinski definition) is 0. The number of hydrogen-bond acceptors (Lipinski definition) is 5. The monoisotopic (exact) mass is 696 g/mol. The normalized spacial score (nSPS) is 16.3. The Morgan fingerprint density at radius 1 is 0.824 bits per heavy atom. The number of likely N-dealkylation sites (tertiary alicyclic amines) is 1. The first-order valence-electron chi connectivity index (χ1n) is 17.5.